The second kappa shape index (κ2) is 6.42. The number of rotatable bonds is 3. The van der Waals surface area contributed by atoms with E-state index in [0.717, 1.165) is 12.1 Å². The van der Waals surface area contributed by atoms with Crippen molar-refractivity contribution < 1.29 is 23.5 Å². The highest BCUT2D eigenvalue weighted by Gasteiger charge is 2.35. The summed E-state index contributed by atoms with van der Waals surface area (Å²) in [5, 5.41) is 9.11. The van der Waals surface area contributed by atoms with E-state index in [4.69, 9.17) is 5.11 Å². The molecular formula is C16H19F2NO3. The van der Waals surface area contributed by atoms with E-state index in [9.17, 15) is 18.4 Å². The molecule has 0 bridgehead atoms. The van der Waals surface area contributed by atoms with Gasteiger partial charge in [0.15, 0.2) is 0 Å². The number of amides is 1. The highest BCUT2D eigenvalue weighted by atomic mass is 19.1. The zero-order valence-corrected chi connectivity index (χ0v) is 12.6. The van der Waals surface area contributed by atoms with Crippen molar-refractivity contribution in [1.29, 1.82) is 0 Å². The second-order valence-electron chi connectivity index (χ2n) is 5.81. The average molecular weight is 311 g/mol. The van der Waals surface area contributed by atoms with Crippen molar-refractivity contribution in [3.05, 3.63) is 35.4 Å². The summed E-state index contributed by atoms with van der Waals surface area (Å²) in [6.45, 7) is 3.34. The predicted molar refractivity (Wildman–Crippen MR) is 76.3 cm³/mol. The van der Waals surface area contributed by atoms with Gasteiger partial charge in [0.1, 0.15) is 11.6 Å². The quantitative estimate of drug-likeness (QED) is 0.934. The third-order valence-corrected chi connectivity index (χ3v) is 4.32. The molecule has 0 spiro atoms. The van der Waals surface area contributed by atoms with Gasteiger partial charge in [-0.25, -0.2) is 8.78 Å². The van der Waals surface area contributed by atoms with Crippen molar-refractivity contribution in [3.63, 3.8) is 0 Å². The largest absolute Gasteiger partial charge is 0.481 e. The van der Waals surface area contributed by atoms with Gasteiger partial charge in [-0.15, -0.1) is 0 Å². The van der Waals surface area contributed by atoms with E-state index in [2.05, 4.69) is 0 Å². The minimum atomic E-state index is -0.990. The van der Waals surface area contributed by atoms with Crippen LogP contribution in [0.1, 0.15) is 38.2 Å². The van der Waals surface area contributed by atoms with E-state index in [-0.39, 0.29) is 18.2 Å². The van der Waals surface area contributed by atoms with Crippen LogP contribution in [-0.2, 0) is 9.59 Å². The fourth-order valence-corrected chi connectivity index (χ4v) is 2.91. The lowest BCUT2D eigenvalue weighted by molar-refractivity contribution is -0.147. The summed E-state index contributed by atoms with van der Waals surface area (Å²) in [6.07, 6.45) is 1.07. The number of hydrogen-bond donors (Lipinski definition) is 1. The van der Waals surface area contributed by atoms with Crippen LogP contribution in [0.15, 0.2) is 18.2 Å². The van der Waals surface area contributed by atoms with Crippen LogP contribution in [0.25, 0.3) is 0 Å². The third-order valence-electron chi connectivity index (χ3n) is 4.32. The van der Waals surface area contributed by atoms with Crippen LogP contribution in [0, 0.1) is 17.6 Å². The molecule has 6 heteroatoms. The topological polar surface area (TPSA) is 57.6 Å². The summed E-state index contributed by atoms with van der Waals surface area (Å²) in [7, 11) is 0. The van der Waals surface area contributed by atoms with Gasteiger partial charge in [0.2, 0.25) is 5.91 Å². The summed E-state index contributed by atoms with van der Waals surface area (Å²) in [4.78, 5) is 25.1. The molecule has 1 heterocycles. The molecule has 0 aromatic heterocycles. The lowest BCUT2D eigenvalue weighted by Gasteiger charge is -2.38. The van der Waals surface area contributed by atoms with Crippen LogP contribution in [-0.4, -0.2) is 34.5 Å². The molecule has 0 saturated carbocycles. The lowest BCUT2D eigenvalue weighted by Crippen LogP contribution is -2.48. The molecule has 1 aliphatic rings. The van der Waals surface area contributed by atoms with Gasteiger partial charge in [-0.05, 0) is 38.8 Å². The molecule has 120 valence electrons. The summed E-state index contributed by atoms with van der Waals surface area (Å²) < 4.78 is 27.7. The highest BCUT2D eigenvalue weighted by molar-refractivity contribution is 5.84. The maximum absolute atomic E-state index is 13.8. The van der Waals surface area contributed by atoms with Gasteiger partial charge in [-0.2, -0.15) is 0 Å². The Morgan fingerprint density at radius 3 is 2.41 bits per heavy atom. The molecule has 0 radical (unpaired) electrons. The van der Waals surface area contributed by atoms with Crippen molar-refractivity contribution in [2.45, 2.75) is 38.6 Å². The Hall–Kier alpha value is -1.98. The molecule has 1 aromatic carbocycles. The number of carbonyl (C=O) groups excluding carboxylic acids is 1. The second-order valence-corrected chi connectivity index (χ2v) is 5.81. The van der Waals surface area contributed by atoms with Crippen LogP contribution >= 0.6 is 0 Å². The first-order chi connectivity index (χ1) is 10.3. The molecule has 1 saturated heterocycles. The molecule has 3 atom stereocenters. The van der Waals surface area contributed by atoms with Gasteiger partial charge in [-0.3, -0.25) is 9.59 Å². The van der Waals surface area contributed by atoms with Crippen molar-refractivity contribution in [1.82, 2.24) is 4.90 Å². The van der Waals surface area contributed by atoms with Crippen molar-refractivity contribution in [3.8, 4) is 0 Å². The smallest absolute Gasteiger partial charge is 0.308 e. The SMILES string of the molecule is CC(C(=O)N1CC(C(=O)O)CCC1C)c1c(F)cccc1F. The number of piperidine rings is 1. The summed E-state index contributed by atoms with van der Waals surface area (Å²) in [5.74, 6) is -4.54. The number of carboxylic acid groups (broad SMARTS) is 1. The van der Waals surface area contributed by atoms with E-state index in [1.54, 1.807) is 0 Å². The van der Waals surface area contributed by atoms with Gasteiger partial charge in [0.25, 0.3) is 0 Å². The number of benzene rings is 1. The Kier molecular flexibility index (Phi) is 4.78. The van der Waals surface area contributed by atoms with E-state index in [1.165, 1.54) is 17.9 Å². The molecule has 1 N–H and O–H groups in total. The molecule has 1 fully saturated rings. The van der Waals surface area contributed by atoms with E-state index < -0.39 is 35.3 Å². The molecule has 22 heavy (non-hydrogen) atoms. The number of carboxylic acids is 1. The molecule has 1 amide bonds. The molecule has 4 nitrogen and oxygen atoms in total. The molecular weight excluding hydrogens is 292 g/mol. The van der Waals surface area contributed by atoms with Crippen molar-refractivity contribution in [2.24, 2.45) is 5.92 Å². The molecule has 2 rings (SSSR count). The summed E-state index contributed by atoms with van der Waals surface area (Å²) in [5.41, 5.74) is -0.267. The zero-order chi connectivity index (χ0) is 16.4. The molecule has 0 aliphatic carbocycles. The summed E-state index contributed by atoms with van der Waals surface area (Å²) in [6, 6.07) is 3.33. The highest BCUT2D eigenvalue weighted by Crippen LogP contribution is 2.29. The molecule has 1 aliphatic heterocycles. The number of likely N-dealkylation sites (tertiary alicyclic amines) is 1. The van der Waals surface area contributed by atoms with Gasteiger partial charge in [0, 0.05) is 18.2 Å². The lowest BCUT2D eigenvalue weighted by atomic mass is 9.90. The third kappa shape index (κ3) is 3.10. The van der Waals surface area contributed by atoms with E-state index in [0.29, 0.717) is 12.8 Å². The van der Waals surface area contributed by atoms with E-state index >= 15 is 0 Å². The first kappa shape index (κ1) is 16.4. The monoisotopic (exact) mass is 311 g/mol. The molecule has 1 aromatic rings. The van der Waals surface area contributed by atoms with Gasteiger partial charge in [-0.1, -0.05) is 6.07 Å². The minimum Gasteiger partial charge on any atom is -0.481 e. The van der Waals surface area contributed by atoms with Gasteiger partial charge >= 0.3 is 5.97 Å². The average Bonchev–Trinajstić information content (AvgIpc) is 2.46. The van der Waals surface area contributed by atoms with Crippen LogP contribution in [0.3, 0.4) is 0 Å². The Labute approximate surface area is 127 Å². The maximum Gasteiger partial charge on any atom is 0.308 e. The standard InChI is InChI=1S/C16H19F2NO3/c1-9-6-7-11(16(21)22)8-19(9)15(20)10(2)14-12(17)4-3-5-13(14)18/h3-5,9-11H,6-8H2,1-2H3,(H,21,22). The van der Waals surface area contributed by atoms with Crippen LogP contribution < -0.4 is 0 Å². The summed E-state index contributed by atoms with van der Waals surface area (Å²) >= 11 is 0. The Bertz CT molecular complexity index is 571. The number of hydrogen-bond acceptors (Lipinski definition) is 2. The fraction of sp³-hybridized carbons (Fsp3) is 0.500. The van der Waals surface area contributed by atoms with Crippen molar-refractivity contribution >= 4 is 11.9 Å². The first-order valence-corrected chi connectivity index (χ1v) is 7.30. The minimum absolute atomic E-state index is 0.0791. The number of nitrogens with zero attached hydrogens (tertiary/aromatic N) is 1. The first-order valence-electron chi connectivity index (χ1n) is 7.30. The normalized spacial score (nSPS) is 23.2. The van der Waals surface area contributed by atoms with Crippen molar-refractivity contribution in [2.75, 3.05) is 6.54 Å². The van der Waals surface area contributed by atoms with Crippen LogP contribution in [0.5, 0.6) is 0 Å². The van der Waals surface area contributed by atoms with Gasteiger partial charge in [0.05, 0.1) is 11.8 Å². The number of halogens is 2. The Balaban J connectivity index is 2.24. The van der Waals surface area contributed by atoms with E-state index in [1.807, 2.05) is 6.92 Å². The zero-order valence-electron chi connectivity index (χ0n) is 12.6. The number of aliphatic carboxylic acids is 1. The Morgan fingerprint density at radius 2 is 1.86 bits per heavy atom. The predicted octanol–water partition coefficient (Wildman–Crippen LogP) is 2.78. The fourth-order valence-electron chi connectivity index (χ4n) is 2.91. The van der Waals surface area contributed by atoms with Crippen LogP contribution in [0.4, 0.5) is 8.78 Å². The maximum atomic E-state index is 13.8. The Morgan fingerprint density at radius 1 is 1.27 bits per heavy atom. The number of carbonyl (C=O) groups is 2. The van der Waals surface area contributed by atoms with Gasteiger partial charge < -0.3 is 10.0 Å². The molecule has 3 unspecified atom stereocenters. The van der Waals surface area contributed by atoms with Crippen LogP contribution in [0.2, 0.25) is 0 Å².